The van der Waals surface area contributed by atoms with Gasteiger partial charge in [0.25, 0.3) is 0 Å². The first-order valence-corrected chi connectivity index (χ1v) is 11.8. The van der Waals surface area contributed by atoms with Crippen molar-refractivity contribution in [1.82, 2.24) is 15.0 Å². The first-order valence-electron chi connectivity index (χ1n) is 10.0. The number of nitrogens with two attached hydrogens (primary N) is 1. The van der Waals surface area contributed by atoms with Crippen molar-refractivity contribution >= 4 is 32.2 Å². The lowest BCUT2D eigenvalue weighted by Gasteiger charge is -2.28. The highest BCUT2D eigenvalue weighted by molar-refractivity contribution is 7.91. The molecule has 0 aliphatic carbocycles. The Morgan fingerprint density at radius 3 is 2.26 bits per heavy atom. The summed E-state index contributed by atoms with van der Waals surface area (Å²) in [5.74, 6) is 0.879. The van der Waals surface area contributed by atoms with Gasteiger partial charge in [-0.15, -0.1) is 0 Å². The SMILES string of the molecule is Nc1cc(-c2ccc3ncnc(-c4ccc(N5CCS(=O)(=O)CC5)cc4)c3c2)ccn1. The normalized spacial score (nSPS) is 15.8. The minimum absolute atomic E-state index is 0.202. The van der Waals surface area contributed by atoms with Gasteiger partial charge >= 0.3 is 0 Å². The van der Waals surface area contributed by atoms with Gasteiger partial charge in [-0.1, -0.05) is 18.2 Å². The molecule has 1 saturated heterocycles. The number of aromatic nitrogens is 3. The van der Waals surface area contributed by atoms with E-state index in [0.717, 1.165) is 39.0 Å². The topological polar surface area (TPSA) is 102 Å². The molecule has 0 radical (unpaired) electrons. The van der Waals surface area contributed by atoms with Crippen LogP contribution in [0.3, 0.4) is 0 Å². The zero-order valence-electron chi connectivity index (χ0n) is 16.8. The second-order valence-electron chi connectivity index (χ2n) is 7.61. The highest BCUT2D eigenvalue weighted by Gasteiger charge is 2.21. The van der Waals surface area contributed by atoms with E-state index in [9.17, 15) is 8.42 Å². The van der Waals surface area contributed by atoms with E-state index in [1.165, 1.54) is 0 Å². The number of nitrogens with zero attached hydrogens (tertiary/aromatic N) is 4. The van der Waals surface area contributed by atoms with E-state index in [-0.39, 0.29) is 11.5 Å². The number of nitrogen functional groups attached to an aromatic ring is 1. The molecule has 8 heteroatoms. The van der Waals surface area contributed by atoms with Crippen LogP contribution in [0.5, 0.6) is 0 Å². The van der Waals surface area contributed by atoms with Gasteiger partial charge in [0, 0.05) is 35.9 Å². The van der Waals surface area contributed by atoms with Crippen molar-refractivity contribution in [2.24, 2.45) is 0 Å². The maximum absolute atomic E-state index is 11.7. The molecule has 0 atom stereocenters. The third-order valence-electron chi connectivity index (χ3n) is 5.60. The summed E-state index contributed by atoms with van der Waals surface area (Å²) in [6.45, 7) is 1.05. The summed E-state index contributed by atoms with van der Waals surface area (Å²) in [7, 11) is -2.90. The Balaban J connectivity index is 1.50. The minimum atomic E-state index is -2.90. The molecule has 0 saturated carbocycles. The molecule has 1 fully saturated rings. The average molecular weight is 432 g/mol. The molecule has 2 N–H and O–H groups in total. The number of rotatable bonds is 3. The van der Waals surface area contributed by atoms with Crippen molar-refractivity contribution in [2.45, 2.75) is 0 Å². The summed E-state index contributed by atoms with van der Waals surface area (Å²) < 4.78 is 23.4. The Labute approximate surface area is 180 Å². The zero-order chi connectivity index (χ0) is 21.4. The van der Waals surface area contributed by atoms with Crippen LogP contribution in [-0.4, -0.2) is 48.0 Å². The predicted octanol–water partition coefficient (Wildman–Crippen LogP) is 3.18. The first-order chi connectivity index (χ1) is 15.0. The van der Waals surface area contributed by atoms with Crippen LogP contribution in [0.1, 0.15) is 0 Å². The third-order valence-corrected chi connectivity index (χ3v) is 7.21. The van der Waals surface area contributed by atoms with Gasteiger partial charge in [0.1, 0.15) is 12.1 Å². The van der Waals surface area contributed by atoms with E-state index in [1.54, 1.807) is 12.5 Å². The molecule has 0 spiro atoms. The Hall–Kier alpha value is -3.52. The third kappa shape index (κ3) is 3.94. The number of hydrogen-bond acceptors (Lipinski definition) is 7. The predicted molar refractivity (Wildman–Crippen MR) is 123 cm³/mol. The minimum Gasteiger partial charge on any atom is -0.384 e. The van der Waals surface area contributed by atoms with Crippen molar-refractivity contribution in [2.75, 3.05) is 35.2 Å². The van der Waals surface area contributed by atoms with Crippen LogP contribution in [0.15, 0.2) is 67.1 Å². The van der Waals surface area contributed by atoms with Crippen molar-refractivity contribution in [3.05, 3.63) is 67.1 Å². The fourth-order valence-electron chi connectivity index (χ4n) is 3.89. The highest BCUT2D eigenvalue weighted by Crippen LogP contribution is 2.31. The number of sulfone groups is 1. The van der Waals surface area contributed by atoms with E-state index in [4.69, 9.17) is 5.73 Å². The van der Waals surface area contributed by atoms with Crippen LogP contribution in [0.25, 0.3) is 33.3 Å². The lowest BCUT2D eigenvalue weighted by atomic mass is 10.0. The number of benzene rings is 2. The second-order valence-corrected chi connectivity index (χ2v) is 9.91. The fourth-order valence-corrected chi connectivity index (χ4v) is 5.10. The van der Waals surface area contributed by atoms with Crippen molar-refractivity contribution in [3.63, 3.8) is 0 Å². The number of pyridine rings is 1. The van der Waals surface area contributed by atoms with Gasteiger partial charge in [-0.05, 0) is 47.5 Å². The Morgan fingerprint density at radius 2 is 1.52 bits per heavy atom. The molecule has 156 valence electrons. The maximum atomic E-state index is 11.7. The molecule has 7 nitrogen and oxygen atoms in total. The number of hydrogen-bond donors (Lipinski definition) is 1. The molecule has 5 rings (SSSR count). The average Bonchev–Trinajstić information content (AvgIpc) is 2.78. The van der Waals surface area contributed by atoms with Gasteiger partial charge in [-0.3, -0.25) is 0 Å². The summed E-state index contributed by atoms with van der Waals surface area (Å²) in [5, 5.41) is 0.951. The van der Waals surface area contributed by atoms with Crippen molar-refractivity contribution < 1.29 is 8.42 Å². The number of fused-ring (bicyclic) bond motifs is 1. The molecule has 0 amide bonds. The first kappa shape index (κ1) is 19.4. The van der Waals surface area contributed by atoms with Gasteiger partial charge in [0.2, 0.25) is 0 Å². The van der Waals surface area contributed by atoms with Crippen molar-refractivity contribution in [3.8, 4) is 22.4 Å². The van der Waals surface area contributed by atoms with E-state index in [1.807, 2.05) is 48.5 Å². The monoisotopic (exact) mass is 431 g/mol. The maximum Gasteiger partial charge on any atom is 0.153 e. The van der Waals surface area contributed by atoms with Gasteiger partial charge in [0.15, 0.2) is 9.84 Å². The lowest BCUT2D eigenvalue weighted by Crippen LogP contribution is -2.40. The van der Waals surface area contributed by atoms with Crippen LogP contribution in [-0.2, 0) is 9.84 Å². The quantitative estimate of drug-likeness (QED) is 0.531. The second kappa shape index (κ2) is 7.63. The van der Waals surface area contributed by atoms with Crippen LogP contribution >= 0.6 is 0 Å². The molecule has 2 aromatic carbocycles. The van der Waals surface area contributed by atoms with Crippen LogP contribution < -0.4 is 10.6 Å². The molecular weight excluding hydrogens is 410 g/mol. The van der Waals surface area contributed by atoms with E-state index < -0.39 is 9.84 Å². The summed E-state index contributed by atoms with van der Waals surface area (Å²) in [5.41, 5.74) is 11.6. The van der Waals surface area contributed by atoms with E-state index in [2.05, 4.69) is 25.9 Å². The number of anilines is 2. The summed E-state index contributed by atoms with van der Waals surface area (Å²) in [4.78, 5) is 15.1. The Bertz CT molecular complexity index is 1360. The molecular formula is C23H21N5O2S. The fraction of sp³-hybridized carbons (Fsp3) is 0.174. The zero-order valence-corrected chi connectivity index (χ0v) is 17.6. The Morgan fingerprint density at radius 1 is 0.806 bits per heavy atom. The summed E-state index contributed by atoms with van der Waals surface area (Å²) >= 11 is 0. The largest absolute Gasteiger partial charge is 0.384 e. The van der Waals surface area contributed by atoms with Gasteiger partial charge in [-0.2, -0.15) is 0 Å². The molecule has 1 aliphatic rings. The van der Waals surface area contributed by atoms with E-state index in [0.29, 0.717) is 18.9 Å². The van der Waals surface area contributed by atoms with Gasteiger partial charge < -0.3 is 10.6 Å². The lowest BCUT2D eigenvalue weighted by molar-refractivity contribution is 0.587. The van der Waals surface area contributed by atoms with Crippen LogP contribution in [0.4, 0.5) is 11.5 Å². The Kier molecular flexibility index (Phi) is 4.78. The molecule has 3 heterocycles. The molecule has 0 unspecified atom stereocenters. The van der Waals surface area contributed by atoms with Gasteiger partial charge in [-0.25, -0.2) is 23.4 Å². The standard InChI is InChI=1S/C23H21N5O2S/c24-22-14-18(7-8-25-22)17-3-6-21-20(13-17)23(27-15-26-21)16-1-4-19(5-2-16)28-9-11-31(29,30)12-10-28/h1-8,13-15H,9-12H2,(H2,24,25). The molecule has 0 bridgehead atoms. The van der Waals surface area contributed by atoms with Gasteiger partial charge in [0.05, 0.1) is 22.7 Å². The summed E-state index contributed by atoms with van der Waals surface area (Å²) in [6.07, 6.45) is 3.27. The highest BCUT2D eigenvalue weighted by atomic mass is 32.2. The van der Waals surface area contributed by atoms with Crippen LogP contribution in [0, 0.1) is 0 Å². The molecule has 31 heavy (non-hydrogen) atoms. The molecule has 4 aromatic rings. The molecule has 2 aromatic heterocycles. The van der Waals surface area contributed by atoms with Crippen LogP contribution in [0.2, 0.25) is 0 Å². The smallest absolute Gasteiger partial charge is 0.153 e. The van der Waals surface area contributed by atoms with E-state index >= 15 is 0 Å². The summed E-state index contributed by atoms with van der Waals surface area (Å²) in [6, 6.07) is 17.9. The van der Waals surface area contributed by atoms with Crippen molar-refractivity contribution in [1.29, 1.82) is 0 Å². The molecule has 1 aliphatic heterocycles.